The maximum Gasteiger partial charge on any atom is 0.261 e. The van der Waals surface area contributed by atoms with Gasteiger partial charge >= 0.3 is 0 Å². The van der Waals surface area contributed by atoms with Gasteiger partial charge in [-0.15, -0.1) is 0 Å². The van der Waals surface area contributed by atoms with E-state index >= 15 is 0 Å². The Bertz CT molecular complexity index is 987. The third kappa shape index (κ3) is 4.20. The van der Waals surface area contributed by atoms with Gasteiger partial charge in [0, 0.05) is 31.4 Å². The van der Waals surface area contributed by atoms with Crippen LogP contribution in [0.25, 0.3) is 0 Å². The van der Waals surface area contributed by atoms with Gasteiger partial charge in [0.1, 0.15) is 5.82 Å². The van der Waals surface area contributed by atoms with Gasteiger partial charge < -0.3 is 10.6 Å². The number of sulfonamides is 1. The van der Waals surface area contributed by atoms with E-state index in [2.05, 4.69) is 0 Å². The zero-order valence-electron chi connectivity index (χ0n) is 15.8. The van der Waals surface area contributed by atoms with E-state index in [0.717, 1.165) is 23.1 Å². The molecule has 2 N–H and O–H groups in total. The zero-order valence-corrected chi connectivity index (χ0v) is 16.7. The first-order valence-electron chi connectivity index (χ1n) is 8.61. The summed E-state index contributed by atoms with van der Waals surface area (Å²) in [5.74, 6) is -2.16. The molecule has 7 nitrogen and oxygen atoms in total. The molecule has 0 radical (unpaired) electrons. The summed E-state index contributed by atoms with van der Waals surface area (Å²) in [5.41, 5.74) is 5.48. The van der Waals surface area contributed by atoms with E-state index in [0.29, 0.717) is 5.69 Å². The van der Waals surface area contributed by atoms with E-state index < -0.39 is 27.7 Å². The molecular weight excluding hydrogens is 385 g/mol. The molecule has 0 spiro atoms. The zero-order chi connectivity index (χ0) is 21.1. The predicted octanol–water partition coefficient (Wildman–Crippen LogP) is 2.23. The number of amides is 2. The van der Waals surface area contributed by atoms with Crippen molar-refractivity contribution in [3.05, 3.63) is 59.4 Å². The van der Waals surface area contributed by atoms with Crippen molar-refractivity contribution in [2.75, 3.05) is 25.0 Å². The van der Waals surface area contributed by atoms with Crippen molar-refractivity contribution in [1.29, 1.82) is 0 Å². The van der Waals surface area contributed by atoms with Crippen molar-refractivity contribution in [2.45, 2.75) is 18.7 Å². The molecule has 150 valence electrons. The summed E-state index contributed by atoms with van der Waals surface area (Å²) in [4.78, 5) is 24.9. The normalized spacial score (nSPS) is 11.5. The Morgan fingerprint density at radius 1 is 1.04 bits per heavy atom. The minimum Gasteiger partial charge on any atom is -0.366 e. The second-order valence-corrected chi connectivity index (χ2v) is 7.94. The Hall–Kier alpha value is -2.78. The number of benzene rings is 2. The van der Waals surface area contributed by atoms with Gasteiger partial charge in [-0.1, -0.05) is 13.8 Å². The third-order valence-electron chi connectivity index (χ3n) is 4.36. The molecule has 0 fully saturated rings. The highest BCUT2D eigenvalue weighted by molar-refractivity contribution is 7.89. The van der Waals surface area contributed by atoms with Gasteiger partial charge in [0.15, 0.2) is 0 Å². The highest BCUT2D eigenvalue weighted by Gasteiger charge is 2.25. The lowest BCUT2D eigenvalue weighted by atomic mass is 10.1. The lowest BCUT2D eigenvalue weighted by Crippen LogP contribution is -2.31. The second kappa shape index (κ2) is 8.49. The maximum absolute atomic E-state index is 14.3. The average Bonchev–Trinajstić information content (AvgIpc) is 2.67. The van der Waals surface area contributed by atoms with Crippen LogP contribution in [0.3, 0.4) is 0 Å². The molecule has 0 atom stereocenters. The molecule has 2 amide bonds. The lowest BCUT2D eigenvalue weighted by Gasteiger charge is -2.21. The van der Waals surface area contributed by atoms with Gasteiger partial charge in [0.25, 0.3) is 5.91 Å². The number of anilines is 1. The Kier molecular flexibility index (Phi) is 6.52. The molecule has 0 bridgehead atoms. The molecule has 2 aromatic rings. The molecule has 9 heteroatoms. The summed E-state index contributed by atoms with van der Waals surface area (Å²) in [5, 5.41) is 0. The van der Waals surface area contributed by atoms with Crippen LogP contribution in [0.2, 0.25) is 0 Å². The van der Waals surface area contributed by atoms with Crippen LogP contribution in [0.4, 0.5) is 10.1 Å². The van der Waals surface area contributed by atoms with Crippen molar-refractivity contribution >= 4 is 27.5 Å². The van der Waals surface area contributed by atoms with E-state index in [-0.39, 0.29) is 29.1 Å². The van der Waals surface area contributed by atoms with Crippen molar-refractivity contribution in [3.63, 3.8) is 0 Å². The first-order chi connectivity index (χ1) is 13.1. The molecule has 2 rings (SSSR count). The standard InChI is InChI=1S/C19H22FN3O4S/c1-4-23(5-2)28(26,27)15-10-11-17(20)16(12-15)19(25)22(3)14-8-6-13(7-9-14)18(21)24/h6-12H,4-5H2,1-3H3,(H2,21,24). The average molecular weight is 407 g/mol. The van der Waals surface area contributed by atoms with E-state index in [1.54, 1.807) is 13.8 Å². The van der Waals surface area contributed by atoms with Gasteiger partial charge in [0.05, 0.1) is 10.5 Å². The molecule has 0 aliphatic carbocycles. The van der Waals surface area contributed by atoms with Crippen LogP contribution < -0.4 is 10.6 Å². The molecular formula is C19H22FN3O4S. The number of halogens is 1. The van der Waals surface area contributed by atoms with E-state index in [1.165, 1.54) is 35.6 Å². The summed E-state index contributed by atoms with van der Waals surface area (Å²) < 4.78 is 40.8. The number of carbonyl (C=O) groups excluding carboxylic acids is 2. The molecule has 0 heterocycles. The predicted molar refractivity (Wildman–Crippen MR) is 104 cm³/mol. The molecule has 0 saturated carbocycles. The third-order valence-corrected chi connectivity index (χ3v) is 6.40. The fourth-order valence-corrected chi connectivity index (χ4v) is 4.17. The van der Waals surface area contributed by atoms with Gasteiger partial charge in [-0.2, -0.15) is 4.31 Å². The minimum atomic E-state index is -3.83. The Morgan fingerprint density at radius 3 is 2.11 bits per heavy atom. The van der Waals surface area contributed by atoms with E-state index in [1.807, 2.05) is 0 Å². The lowest BCUT2D eigenvalue weighted by molar-refractivity contribution is 0.0985. The van der Waals surface area contributed by atoms with Crippen molar-refractivity contribution < 1.29 is 22.4 Å². The molecule has 0 aliphatic rings. The summed E-state index contributed by atoms with van der Waals surface area (Å²) in [6.45, 7) is 3.90. The molecule has 28 heavy (non-hydrogen) atoms. The van der Waals surface area contributed by atoms with Crippen LogP contribution in [0.5, 0.6) is 0 Å². The fourth-order valence-electron chi connectivity index (χ4n) is 2.69. The fraction of sp³-hybridized carbons (Fsp3) is 0.263. The Balaban J connectivity index is 2.41. The van der Waals surface area contributed by atoms with Crippen LogP contribution in [0.15, 0.2) is 47.4 Å². The first-order valence-corrected chi connectivity index (χ1v) is 10.0. The number of primary amides is 1. The Labute approximate surface area is 163 Å². The van der Waals surface area contributed by atoms with Crippen LogP contribution in [0, 0.1) is 5.82 Å². The van der Waals surface area contributed by atoms with Crippen LogP contribution in [-0.4, -0.2) is 44.7 Å². The summed E-state index contributed by atoms with van der Waals surface area (Å²) in [7, 11) is -2.41. The molecule has 0 unspecified atom stereocenters. The van der Waals surface area contributed by atoms with Crippen LogP contribution >= 0.6 is 0 Å². The summed E-state index contributed by atoms with van der Waals surface area (Å²) >= 11 is 0. The van der Waals surface area contributed by atoms with E-state index in [4.69, 9.17) is 5.73 Å². The van der Waals surface area contributed by atoms with Gasteiger partial charge in [-0.3, -0.25) is 9.59 Å². The monoisotopic (exact) mass is 407 g/mol. The highest BCUT2D eigenvalue weighted by Crippen LogP contribution is 2.22. The smallest absolute Gasteiger partial charge is 0.261 e. The van der Waals surface area contributed by atoms with E-state index in [9.17, 15) is 22.4 Å². The van der Waals surface area contributed by atoms with Gasteiger partial charge in [-0.05, 0) is 42.5 Å². The number of nitrogens with zero attached hydrogens (tertiary/aromatic N) is 2. The minimum absolute atomic E-state index is 0.154. The van der Waals surface area contributed by atoms with Crippen LogP contribution in [-0.2, 0) is 10.0 Å². The quantitative estimate of drug-likeness (QED) is 0.760. The highest BCUT2D eigenvalue weighted by atomic mass is 32.2. The number of hydrogen-bond acceptors (Lipinski definition) is 4. The molecule has 0 aliphatic heterocycles. The topological polar surface area (TPSA) is 101 Å². The van der Waals surface area contributed by atoms with Crippen molar-refractivity contribution in [1.82, 2.24) is 4.31 Å². The van der Waals surface area contributed by atoms with Gasteiger partial charge in [0.2, 0.25) is 15.9 Å². The number of hydrogen-bond donors (Lipinski definition) is 1. The summed E-state index contributed by atoms with van der Waals surface area (Å²) in [6, 6.07) is 9.02. The first kappa shape index (κ1) is 21.5. The molecule has 2 aromatic carbocycles. The molecule has 0 aromatic heterocycles. The number of carbonyl (C=O) groups is 2. The second-order valence-electron chi connectivity index (χ2n) is 6.01. The maximum atomic E-state index is 14.3. The van der Waals surface area contributed by atoms with Crippen molar-refractivity contribution in [3.8, 4) is 0 Å². The van der Waals surface area contributed by atoms with Gasteiger partial charge in [-0.25, -0.2) is 12.8 Å². The Morgan fingerprint density at radius 2 is 1.61 bits per heavy atom. The number of nitrogens with two attached hydrogens (primary N) is 1. The largest absolute Gasteiger partial charge is 0.366 e. The summed E-state index contributed by atoms with van der Waals surface area (Å²) in [6.07, 6.45) is 0. The SMILES string of the molecule is CCN(CC)S(=O)(=O)c1ccc(F)c(C(=O)N(C)c2ccc(C(N)=O)cc2)c1. The number of rotatable bonds is 7. The van der Waals surface area contributed by atoms with Crippen molar-refractivity contribution in [2.24, 2.45) is 5.73 Å². The molecule has 0 saturated heterocycles. The van der Waals surface area contributed by atoms with Crippen LogP contribution in [0.1, 0.15) is 34.6 Å².